The van der Waals surface area contributed by atoms with Gasteiger partial charge in [-0.3, -0.25) is 4.79 Å². The van der Waals surface area contributed by atoms with Crippen LogP contribution in [0.3, 0.4) is 0 Å². The normalized spacial score (nSPS) is 16.7. The molecule has 0 unspecified atom stereocenters. The Morgan fingerprint density at radius 3 is 2.65 bits per heavy atom. The van der Waals surface area contributed by atoms with Crippen molar-refractivity contribution in [2.45, 2.75) is 58.4 Å². The van der Waals surface area contributed by atoms with Gasteiger partial charge in [-0.1, -0.05) is 31.8 Å². The Morgan fingerprint density at radius 2 is 2.06 bits per heavy atom. The topological polar surface area (TPSA) is 55.1 Å². The predicted molar refractivity (Wildman–Crippen MR) is 65.1 cm³/mol. The molecule has 2 rings (SSSR count). The van der Waals surface area contributed by atoms with Crippen molar-refractivity contribution in [3.05, 3.63) is 17.0 Å². The highest BCUT2D eigenvalue weighted by Crippen LogP contribution is 2.23. The molecule has 1 aromatic heterocycles. The molecule has 0 aliphatic heterocycles. The quantitative estimate of drug-likeness (QED) is 0.878. The van der Waals surface area contributed by atoms with Crippen LogP contribution in [0.2, 0.25) is 0 Å². The SMILES string of the molecule is Cc1noc(C(C)C)c1C(=O)NC1CCCC1. The molecular formula is C13H20N2O2. The van der Waals surface area contributed by atoms with Crippen molar-refractivity contribution < 1.29 is 9.32 Å². The first-order valence-electron chi connectivity index (χ1n) is 6.36. The van der Waals surface area contributed by atoms with Crippen molar-refractivity contribution in [2.24, 2.45) is 0 Å². The molecule has 1 aliphatic carbocycles. The minimum absolute atomic E-state index is 0.0284. The van der Waals surface area contributed by atoms with E-state index >= 15 is 0 Å². The van der Waals surface area contributed by atoms with Crippen LogP contribution in [0, 0.1) is 6.92 Å². The zero-order chi connectivity index (χ0) is 12.4. The van der Waals surface area contributed by atoms with E-state index in [1.54, 1.807) is 0 Å². The fraction of sp³-hybridized carbons (Fsp3) is 0.692. The second-order valence-corrected chi connectivity index (χ2v) is 5.12. The van der Waals surface area contributed by atoms with Gasteiger partial charge < -0.3 is 9.84 Å². The molecule has 1 amide bonds. The molecule has 1 N–H and O–H groups in total. The van der Waals surface area contributed by atoms with E-state index in [-0.39, 0.29) is 11.8 Å². The summed E-state index contributed by atoms with van der Waals surface area (Å²) in [5.41, 5.74) is 1.32. The van der Waals surface area contributed by atoms with E-state index in [1.165, 1.54) is 12.8 Å². The first kappa shape index (κ1) is 12.1. The van der Waals surface area contributed by atoms with E-state index in [0.29, 0.717) is 23.1 Å². The van der Waals surface area contributed by atoms with E-state index in [9.17, 15) is 4.79 Å². The summed E-state index contributed by atoms with van der Waals surface area (Å²) >= 11 is 0. The minimum atomic E-state index is -0.0284. The van der Waals surface area contributed by atoms with Gasteiger partial charge in [-0.05, 0) is 19.8 Å². The van der Waals surface area contributed by atoms with Crippen LogP contribution in [0.4, 0.5) is 0 Å². The highest BCUT2D eigenvalue weighted by Gasteiger charge is 2.25. The van der Waals surface area contributed by atoms with Crippen LogP contribution in [-0.2, 0) is 0 Å². The average Bonchev–Trinajstić information content (AvgIpc) is 2.86. The number of nitrogens with one attached hydrogen (secondary N) is 1. The fourth-order valence-electron chi connectivity index (χ4n) is 2.39. The Labute approximate surface area is 102 Å². The van der Waals surface area contributed by atoms with Crippen LogP contribution in [0.25, 0.3) is 0 Å². The molecule has 0 saturated heterocycles. The molecule has 0 bridgehead atoms. The summed E-state index contributed by atoms with van der Waals surface area (Å²) in [6.07, 6.45) is 4.61. The number of amides is 1. The average molecular weight is 236 g/mol. The van der Waals surface area contributed by atoms with E-state index in [2.05, 4.69) is 10.5 Å². The molecular weight excluding hydrogens is 216 g/mol. The van der Waals surface area contributed by atoms with Crippen molar-refractivity contribution in [1.29, 1.82) is 0 Å². The number of rotatable bonds is 3. The first-order valence-corrected chi connectivity index (χ1v) is 6.36. The van der Waals surface area contributed by atoms with Gasteiger partial charge in [0.25, 0.3) is 5.91 Å². The molecule has 1 aromatic rings. The van der Waals surface area contributed by atoms with Gasteiger partial charge in [0.2, 0.25) is 0 Å². The van der Waals surface area contributed by atoms with E-state index < -0.39 is 0 Å². The maximum Gasteiger partial charge on any atom is 0.257 e. The second kappa shape index (κ2) is 4.90. The smallest absolute Gasteiger partial charge is 0.257 e. The molecule has 4 heteroatoms. The molecule has 94 valence electrons. The first-order chi connectivity index (χ1) is 8.09. The number of aromatic nitrogens is 1. The lowest BCUT2D eigenvalue weighted by atomic mass is 10.0. The zero-order valence-electron chi connectivity index (χ0n) is 10.7. The van der Waals surface area contributed by atoms with E-state index in [1.807, 2.05) is 20.8 Å². The fourth-order valence-corrected chi connectivity index (χ4v) is 2.39. The third-order valence-electron chi connectivity index (χ3n) is 3.33. The largest absolute Gasteiger partial charge is 0.360 e. The second-order valence-electron chi connectivity index (χ2n) is 5.12. The van der Waals surface area contributed by atoms with Crippen molar-refractivity contribution >= 4 is 5.91 Å². The Bertz CT molecular complexity index is 404. The molecule has 17 heavy (non-hydrogen) atoms. The van der Waals surface area contributed by atoms with Crippen LogP contribution in [-0.4, -0.2) is 17.1 Å². The molecule has 0 aromatic carbocycles. The zero-order valence-corrected chi connectivity index (χ0v) is 10.7. The predicted octanol–water partition coefficient (Wildman–Crippen LogP) is 2.78. The van der Waals surface area contributed by atoms with Crippen molar-refractivity contribution in [3.8, 4) is 0 Å². The Hall–Kier alpha value is -1.32. The summed E-state index contributed by atoms with van der Waals surface area (Å²) < 4.78 is 5.23. The molecule has 0 radical (unpaired) electrons. The number of hydrogen-bond acceptors (Lipinski definition) is 3. The Balaban J connectivity index is 2.14. The van der Waals surface area contributed by atoms with Gasteiger partial charge in [0.15, 0.2) is 5.76 Å². The highest BCUT2D eigenvalue weighted by atomic mass is 16.5. The molecule has 1 aliphatic rings. The molecule has 1 saturated carbocycles. The molecule has 1 fully saturated rings. The number of carbonyl (C=O) groups is 1. The lowest BCUT2D eigenvalue weighted by Gasteiger charge is -2.12. The maximum absolute atomic E-state index is 12.2. The van der Waals surface area contributed by atoms with E-state index in [4.69, 9.17) is 4.52 Å². The standard InChI is InChI=1S/C13H20N2O2/c1-8(2)12-11(9(3)15-17-12)13(16)14-10-6-4-5-7-10/h8,10H,4-7H2,1-3H3,(H,14,16). The van der Waals surface area contributed by atoms with E-state index in [0.717, 1.165) is 12.8 Å². The summed E-state index contributed by atoms with van der Waals surface area (Å²) in [4.78, 5) is 12.2. The van der Waals surface area contributed by atoms with Gasteiger partial charge in [0.05, 0.1) is 5.69 Å². The summed E-state index contributed by atoms with van der Waals surface area (Å²) in [5, 5.41) is 6.98. The summed E-state index contributed by atoms with van der Waals surface area (Å²) in [7, 11) is 0. The Kier molecular flexibility index (Phi) is 3.50. The van der Waals surface area contributed by atoms with Gasteiger partial charge in [-0.25, -0.2) is 0 Å². The molecule has 4 nitrogen and oxygen atoms in total. The number of aryl methyl sites for hydroxylation is 1. The third kappa shape index (κ3) is 2.51. The molecule has 1 heterocycles. The van der Waals surface area contributed by atoms with Crippen LogP contribution in [0.1, 0.15) is 67.3 Å². The van der Waals surface area contributed by atoms with Gasteiger partial charge in [0, 0.05) is 12.0 Å². The van der Waals surface area contributed by atoms with Crippen molar-refractivity contribution in [3.63, 3.8) is 0 Å². The number of hydrogen-bond donors (Lipinski definition) is 1. The van der Waals surface area contributed by atoms with Gasteiger partial charge in [0.1, 0.15) is 5.56 Å². The van der Waals surface area contributed by atoms with Crippen molar-refractivity contribution in [2.75, 3.05) is 0 Å². The van der Waals surface area contributed by atoms with Crippen molar-refractivity contribution in [1.82, 2.24) is 10.5 Å². The van der Waals surface area contributed by atoms with Gasteiger partial charge >= 0.3 is 0 Å². The number of nitrogens with zero attached hydrogens (tertiary/aromatic N) is 1. The minimum Gasteiger partial charge on any atom is -0.360 e. The monoisotopic (exact) mass is 236 g/mol. The van der Waals surface area contributed by atoms with Crippen LogP contribution >= 0.6 is 0 Å². The van der Waals surface area contributed by atoms with Gasteiger partial charge in [-0.15, -0.1) is 0 Å². The summed E-state index contributed by atoms with van der Waals surface area (Å²) in [6, 6.07) is 0.330. The lowest BCUT2D eigenvalue weighted by Crippen LogP contribution is -2.33. The molecule has 0 spiro atoms. The Morgan fingerprint density at radius 1 is 1.41 bits per heavy atom. The van der Waals surface area contributed by atoms with Crippen LogP contribution < -0.4 is 5.32 Å². The highest BCUT2D eigenvalue weighted by molar-refractivity contribution is 5.96. The molecule has 0 atom stereocenters. The van der Waals surface area contributed by atoms with Gasteiger partial charge in [-0.2, -0.15) is 0 Å². The summed E-state index contributed by atoms with van der Waals surface area (Å²) in [5.74, 6) is 0.845. The summed E-state index contributed by atoms with van der Waals surface area (Å²) in [6.45, 7) is 5.83. The lowest BCUT2D eigenvalue weighted by molar-refractivity contribution is 0.0935. The van der Waals surface area contributed by atoms with Crippen LogP contribution in [0.5, 0.6) is 0 Å². The van der Waals surface area contributed by atoms with Crippen LogP contribution in [0.15, 0.2) is 4.52 Å². The maximum atomic E-state index is 12.2. The third-order valence-corrected chi connectivity index (χ3v) is 3.33. The number of carbonyl (C=O) groups excluding carboxylic acids is 1.